The monoisotopic (exact) mass is 472 g/mol. The number of aromatic nitrogens is 3. The zero-order chi connectivity index (χ0) is 23.9. The van der Waals surface area contributed by atoms with Crippen LogP contribution in [0, 0.1) is 6.92 Å². The number of hydrogen-bond acceptors (Lipinski definition) is 5. The molecule has 0 spiro atoms. The van der Waals surface area contributed by atoms with E-state index >= 15 is 0 Å². The van der Waals surface area contributed by atoms with E-state index in [2.05, 4.69) is 47.2 Å². The molecule has 0 bridgehead atoms. The molecule has 4 rings (SSSR count). The van der Waals surface area contributed by atoms with Gasteiger partial charge in [0, 0.05) is 6.54 Å². The molecular weight excluding hydrogens is 444 g/mol. The van der Waals surface area contributed by atoms with Gasteiger partial charge in [-0.2, -0.15) is 0 Å². The largest absolute Gasteiger partial charge is 0.485 e. The highest BCUT2D eigenvalue weighted by Gasteiger charge is 2.16. The van der Waals surface area contributed by atoms with E-state index < -0.39 is 0 Å². The highest BCUT2D eigenvalue weighted by Crippen LogP contribution is 2.28. The quantitative estimate of drug-likeness (QED) is 0.245. The summed E-state index contributed by atoms with van der Waals surface area (Å²) in [6.07, 6.45) is 1.79. The van der Waals surface area contributed by atoms with Gasteiger partial charge in [-0.25, -0.2) is 0 Å². The standard InChI is InChI=1S/C27H28N4O2S/c1-4-16-31-25(17-33-24-15-14-22-12-8-9-13-23(22)19(24)2)29-30-27(31)34-18-26(32)28-20(3)21-10-6-5-7-11-21/h4-15,20H,1,16-18H2,2-3H3,(H,28,32)/t20-/m0/s1. The first-order chi connectivity index (χ1) is 16.6. The van der Waals surface area contributed by atoms with E-state index in [1.165, 1.54) is 22.5 Å². The van der Waals surface area contributed by atoms with E-state index in [-0.39, 0.29) is 24.3 Å². The number of carbonyl (C=O) groups excluding carboxylic acids is 1. The molecule has 0 fully saturated rings. The van der Waals surface area contributed by atoms with Crippen LogP contribution in [0.3, 0.4) is 0 Å². The lowest BCUT2D eigenvalue weighted by atomic mass is 10.0. The second-order valence-corrected chi connectivity index (χ2v) is 8.93. The summed E-state index contributed by atoms with van der Waals surface area (Å²) in [5.41, 5.74) is 2.16. The van der Waals surface area contributed by atoms with E-state index in [4.69, 9.17) is 4.74 Å². The summed E-state index contributed by atoms with van der Waals surface area (Å²) in [5.74, 6) is 1.69. The Bertz CT molecular complexity index is 1290. The van der Waals surface area contributed by atoms with Crippen LogP contribution in [0.25, 0.3) is 10.8 Å². The minimum atomic E-state index is -0.0606. The van der Waals surface area contributed by atoms with Crippen molar-refractivity contribution in [3.63, 3.8) is 0 Å². The first kappa shape index (κ1) is 23.6. The van der Waals surface area contributed by atoms with Crippen LogP contribution in [0.1, 0.15) is 29.9 Å². The van der Waals surface area contributed by atoms with Crippen molar-refractivity contribution >= 4 is 28.4 Å². The van der Waals surface area contributed by atoms with Gasteiger partial charge in [0.15, 0.2) is 11.0 Å². The summed E-state index contributed by atoms with van der Waals surface area (Å²) in [6, 6.07) is 22.1. The Hall–Kier alpha value is -3.58. The van der Waals surface area contributed by atoms with E-state index in [0.717, 1.165) is 16.9 Å². The van der Waals surface area contributed by atoms with Crippen molar-refractivity contribution in [3.8, 4) is 5.75 Å². The fraction of sp³-hybridized carbons (Fsp3) is 0.222. The summed E-state index contributed by atoms with van der Waals surface area (Å²) in [4.78, 5) is 12.5. The van der Waals surface area contributed by atoms with Gasteiger partial charge in [0.1, 0.15) is 12.4 Å². The van der Waals surface area contributed by atoms with Crippen molar-refractivity contribution in [2.75, 3.05) is 5.75 Å². The summed E-state index contributed by atoms with van der Waals surface area (Å²) in [7, 11) is 0. The highest BCUT2D eigenvalue weighted by atomic mass is 32.2. The average Bonchev–Trinajstić information content (AvgIpc) is 3.24. The molecule has 0 aliphatic rings. The Morgan fingerprint density at radius 1 is 1.12 bits per heavy atom. The summed E-state index contributed by atoms with van der Waals surface area (Å²) in [5, 5.41) is 14.7. The third-order valence-corrected chi connectivity index (χ3v) is 6.59. The number of nitrogens with one attached hydrogen (secondary N) is 1. The molecule has 0 saturated heterocycles. The number of nitrogens with zero attached hydrogens (tertiary/aromatic N) is 3. The van der Waals surface area contributed by atoms with Gasteiger partial charge in [-0.1, -0.05) is 78.5 Å². The first-order valence-electron chi connectivity index (χ1n) is 11.2. The van der Waals surface area contributed by atoms with E-state index in [0.29, 0.717) is 17.5 Å². The Balaban J connectivity index is 1.40. The van der Waals surface area contributed by atoms with Gasteiger partial charge in [0.05, 0.1) is 11.8 Å². The number of amides is 1. The summed E-state index contributed by atoms with van der Waals surface area (Å²) >= 11 is 1.35. The van der Waals surface area contributed by atoms with Gasteiger partial charge in [0.25, 0.3) is 0 Å². The number of benzene rings is 3. The van der Waals surface area contributed by atoms with Crippen molar-refractivity contribution in [2.45, 2.75) is 38.2 Å². The molecule has 0 radical (unpaired) electrons. The maximum absolute atomic E-state index is 12.5. The molecular formula is C27H28N4O2S. The Morgan fingerprint density at radius 2 is 1.88 bits per heavy atom. The fourth-order valence-corrected chi connectivity index (χ4v) is 4.57. The Morgan fingerprint density at radius 3 is 2.68 bits per heavy atom. The molecule has 34 heavy (non-hydrogen) atoms. The number of carbonyl (C=O) groups is 1. The summed E-state index contributed by atoms with van der Waals surface area (Å²) < 4.78 is 8.04. The van der Waals surface area contributed by atoms with Crippen LogP contribution in [0.2, 0.25) is 0 Å². The van der Waals surface area contributed by atoms with E-state index in [1.54, 1.807) is 6.08 Å². The van der Waals surface area contributed by atoms with Gasteiger partial charge in [-0.05, 0) is 41.8 Å². The zero-order valence-electron chi connectivity index (χ0n) is 19.4. The lowest BCUT2D eigenvalue weighted by Gasteiger charge is -2.14. The second kappa shape index (κ2) is 11.0. The molecule has 1 amide bonds. The molecule has 6 nitrogen and oxygen atoms in total. The predicted molar refractivity (Wildman–Crippen MR) is 137 cm³/mol. The van der Waals surface area contributed by atoms with Crippen LogP contribution in [0.4, 0.5) is 0 Å². The highest BCUT2D eigenvalue weighted by molar-refractivity contribution is 7.99. The molecule has 0 aliphatic carbocycles. The SMILES string of the molecule is C=CCn1c(COc2ccc3ccccc3c2C)nnc1SCC(=O)N[C@@H](C)c1ccccc1. The van der Waals surface area contributed by atoms with E-state index in [9.17, 15) is 4.79 Å². The molecule has 4 aromatic rings. The Labute approximate surface area is 204 Å². The third kappa shape index (κ3) is 5.48. The molecule has 1 N–H and O–H groups in total. The number of fused-ring (bicyclic) bond motifs is 1. The van der Waals surface area contributed by atoms with Crippen molar-refractivity contribution in [1.29, 1.82) is 0 Å². The summed E-state index contributed by atoms with van der Waals surface area (Å²) in [6.45, 7) is 8.69. The molecule has 0 aliphatic heterocycles. The smallest absolute Gasteiger partial charge is 0.230 e. The number of thioether (sulfide) groups is 1. The maximum Gasteiger partial charge on any atom is 0.230 e. The van der Waals surface area contributed by atoms with Crippen molar-refractivity contribution < 1.29 is 9.53 Å². The molecule has 1 heterocycles. The van der Waals surface area contributed by atoms with Gasteiger partial charge >= 0.3 is 0 Å². The van der Waals surface area contributed by atoms with Crippen LogP contribution < -0.4 is 10.1 Å². The van der Waals surface area contributed by atoms with Crippen LogP contribution >= 0.6 is 11.8 Å². The molecule has 7 heteroatoms. The predicted octanol–water partition coefficient (Wildman–Crippen LogP) is 5.47. The normalized spacial score (nSPS) is 11.8. The lowest BCUT2D eigenvalue weighted by molar-refractivity contribution is -0.119. The number of allylic oxidation sites excluding steroid dienone is 1. The fourth-order valence-electron chi connectivity index (χ4n) is 3.79. The van der Waals surface area contributed by atoms with E-state index in [1.807, 2.05) is 60.0 Å². The number of aryl methyl sites for hydroxylation is 1. The molecule has 3 aromatic carbocycles. The topological polar surface area (TPSA) is 69.0 Å². The molecule has 174 valence electrons. The molecule has 0 unspecified atom stereocenters. The van der Waals surface area contributed by atoms with Gasteiger partial charge in [-0.15, -0.1) is 16.8 Å². The van der Waals surface area contributed by atoms with Gasteiger partial charge in [0.2, 0.25) is 5.91 Å². The first-order valence-corrected chi connectivity index (χ1v) is 12.2. The molecule has 1 aromatic heterocycles. The Kier molecular flexibility index (Phi) is 7.65. The molecule has 1 atom stereocenters. The van der Waals surface area contributed by atoms with Crippen LogP contribution in [0.15, 0.2) is 84.5 Å². The second-order valence-electron chi connectivity index (χ2n) is 7.99. The lowest BCUT2D eigenvalue weighted by Crippen LogP contribution is -2.28. The maximum atomic E-state index is 12.5. The number of rotatable bonds is 10. The minimum absolute atomic E-state index is 0.0564. The third-order valence-electron chi connectivity index (χ3n) is 5.62. The van der Waals surface area contributed by atoms with Crippen molar-refractivity contribution in [2.24, 2.45) is 0 Å². The van der Waals surface area contributed by atoms with Crippen molar-refractivity contribution in [3.05, 3.63) is 96.3 Å². The number of hydrogen-bond donors (Lipinski definition) is 1. The van der Waals surface area contributed by atoms with Crippen LogP contribution in [0.5, 0.6) is 5.75 Å². The van der Waals surface area contributed by atoms with Crippen LogP contribution in [-0.2, 0) is 17.9 Å². The average molecular weight is 473 g/mol. The minimum Gasteiger partial charge on any atom is -0.485 e. The molecule has 0 saturated carbocycles. The van der Waals surface area contributed by atoms with Crippen molar-refractivity contribution in [1.82, 2.24) is 20.1 Å². The number of ether oxygens (including phenoxy) is 1. The zero-order valence-corrected chi connectivity index (χ0v) is 20.2. The van der Waals surface area contributed by atoms with Gasteiger partial charge < -0.3 is 10.1 Å². The van der Waals surface area contributed by atoms with Gasteiger partial charge in [-0.3, -0.25) is 9.36 Å². The van der Waals surface area contributed by atoms with Crippen LogP contribution in [-0.4, -0.2) is 26.4 Å².